The zero-order valence-corrected chi connectivity index (χ0v) is 7.33. The van der Waals surface area contributed by atoms with Crippen molar-refractivity contribution >= 4 is 5.69 Å². The molecule has 0 saturated carbocycles. The summed E-state index contributed by atoms with van der Waals surface area (Å²) in [7, 11) is 0. The smallest absolute Gasteiger partial charge is 0.0995 e. The summed E-state index contributed by atoms with van der Waals surface area (Å²) in [5, 5.41) is 17.3. The fourth-order valence-corrected chi connectivity index (χ4v) is 1.16. The van der Waals surface area contributed by atoms with Crippen LogP contribution in [-0.4, -0.2) is 0 Å². The third-order valence-corrected chi connectivity index (χ3v) is 1.95. The zero-order valence-electron chi connectivity index (χ0n) is 7.33. The van der Waals surface area contributed by atoms with E-state index in [1.165, 1.54) is 0 Å². The van der Waals surface area contributed by atoms with Crippen molar-refractivity contribution in [2.45, 2.75) is 13.3 Å². The number of nitrogens with zero attached hydrogens (tertiary/aromatic N) is 2. The van der Waals surface area contributed by atoms with Crippen molar-refractivity contribution in [1.29, 1.82) is 10.5 Å². The van der Waals surface area contributed by atoms with E-state index < -0.39 is 0 Å². The third kappa shape index (κ3) is 1.60. The highest BCUT2D eigenvalue weighted by Gasteiger charge is 2.07. The summed E-state index contributed by atoms with van der Waals surface area (Å²) in [6.45, 7) is 1.86. The molecule has 64 valence electrons. The molecule has 0 aliphatic rings. The maximum absolute atomic E-state index is 8.75. The molecule has 2 N–H and O–H groups in total. The summed E-state index contributed by atoms with van der Waals surface area (Å²) in [4.78, 5) is 0. The summed E-state index contributed by atoms with van der Waals surface area (Å²) in [6, 6.07) is 7.49. The van der Waals surface area contributed by atoms with E-state index in [1.54, 1.807) is 12.1 Å². The van der Waals surface area contributed by atoms with Gasteiger partial charge in [-0.15, -0.1) is 0 Å². The van der Waals surface area contributed by atoms with Crippen LogP contribution < -0.4 is 5.73 Å². The number of aryl methyl sites for hydroxylation is 1. The van der Waals surface area contributed by atoms with E-state index in [0.29, 0.717) is 16.8 Å². The molecule has 3 nitrogen and oxygen atoms in total. The molecular weight excluding hydrogens is 162 g/mol. The lowest BCUT2D eigenvalue weighted by Gasteiger charge is -2.06. The quantitative estimate of drug-likeness (QED) is 0.651. The maximum Gasteiger partial charge on any atom is 0.0995 e. The predicted octanol–water partition coefficient (Wildman–Crippen LogP) is 1.51. The number of rotatable bonds is 1. The van der Waals surface area contributed by atoms with E-state index in [2.05, 4.69) is 0 Å². The maximum atomic E-state index is 8.75. The van der Waals surface area contributed by atoms with Crippen molar-refractivity contribution in [2.75, 3.05) is 5.73 Å². The minimum Gasteiger partial charge on any atom is -0.398 e. The van der Waals surface area contributed by atoms with Crippen LogP contribution in [0.3, 0.4) is 0 Å². The van der Waals surface area contributed by atoms with Gasteiger partial charge in [0.1, 0.15) is 0 Å². The number of benzene rings is 1. The summed E-state index contributed by atoms with van der Waals surface area (Å²) in [5.41, 5.74) is 8.34. The molecular formula is C10H9N3. The number of anilines is 1. The van der Waals surface area contributed by atoms with Crippen LogP contribution in [0.4, 0.5) is 5.69 Å². The van der Waals surface area contributed by atoms with Gasteiger partial charge in [-0.3, -0.25) is 0 Å². The molecule has 0 bridgehead atoms. The lowest BCUT2D eigenvalue weighted by Crippen LogP contribution is -1.99. The Balaban J connectivity index is 3.36. The molecule has 0 aliphatic heterocycles. The zero-order chi connectivity index (χ0) is 9.84. The molecule has 0 unspecified atom stereocenters. The van der Waals surface area contributed by atoms with Crippen molar-refractivity contribution in [2.24, 2.45) is 0 Å². The number of hydrogen-bond acceptors (Lipinski definition) is 3. The van der Waals surface area contributed by atoms with E-state index in [9.17, 15) is 0 Å². The molecule has 0 heterocycles. The molecule has 0 aromatic heterocycles. The monoisotopic (exact) mass is 171 g/mol. The summed E-state index contributed by atoms with van der Waals surface area (Å²) >= 11 is 0. The molecule has 1 aromatic rings. The van der Waals surface area contributed by atoms with Gasteiger partial charge in [0.25, 0.3) is 0 Å². The highest BCUT2D eigenvalue weighted by atomic mass is 14.6. The third-order valence-electron chi connectivity index (χ3n) is 1.95. The van der Waals surface area contributed by atoms with Crippen LogP contribution in [0.1, 0.15) is 16.7 Å². The first-order chi connectivity index (χ1) is 6.20. The summed E-state index contributed by atoms with van der Waals surface area (Å²) in [5.74, 6) is 0. The van der Waals surface area contributed by atoms with Crippen LogP contribution >= 0.6 is 0 Å². The molecule has 0 atom stereocenters. The van der Waals surface area contributed by atoms with Gasteiger partial charge >= 0.3 is 0 Å². The van der Waals surface area contributed by atoms with Crippen LogP contribution in [0, 0.1) is 29.6 Å². The molecule has 0 amide bonds. The average Bonchev–Trinajstić information content (AvgIpc) is 2.14. The molecule has 1 rings (SSSR count). The number of nitrogens with two attached hydrogens (primary N) is 1. The van der Waals surface area contributed by atoms with Crippen molar-refractivity contribution in [3.05, 3.63) is 28.8 Å². The average molecular weight is 171 g/mol. The van der Waals surface area contributed by atoms with Crippen LogP contribution in [-0.2, 0) is 6.42 Å². The van der Waals surface area contributed by atoms with E-state index >= 15 is 0 Å². The summed E-state index contributed by atoms with van der Waals surface area (Å²) < 4.78 is 0. The highest BCUT2D eigenvalue weighted by molar-refractivity contribution is 5.60. The normalized spacial score (nSPS) is 8.85. The first kappa shape index (κ1) is 9.09. The fourth-order valence-electron chi connectivity index (χ4n) is 1.16. The topological polar surface area (TPSA) is 73.6 Å². The predicted molar refractivity (Wildman–Crippen MR) is 49.6 cm³/mol. The molecule has 0 radical (unpaired) electrons. The van der Waals surface area contributed by atoms with Crippen LogP contribution in [0.15, 0.2) is 12.1 Å². The molecule has 0 spiro atoms. The fraction of sp³-hybridized carbons (Fsp3) is 0.200. The van der Waals surface area contributed by atoms with Crippen molar-refractivity contribution < 1.29 is 0 Å². The molecule has 3 heteroatoms. The first-order valence-electron chi connectivity index (χ1n) is 3.85. The van der Waals surface area contributed by atoms with Crippen molar-refractivity contribution in [3.63, 3.8) is 0 Å². The Bertz CT molecular complexity index is 407. The molecule has 0 fully saturated rings. The first-order valence-corrected chi connectivity index (χ1v) is 3.85. The van der Waals surface area contributed by atoms with Crippen LogP contribution in [0.2, 0.25) is 0 Å². The number of nitrogen functional groups attached to an aromatic ring is 1. The Kier molecular flexibility index (Phi) is 2.52. The van der Waals surface area contributed by atoms with E-state index in [1.807, 2.05) is 19.1 Å². The van der Waals surface area contributed by atoms with Crippen molar-refractivity contribution in [3.8, 4) is 12.1 Å². The van der Waals surface area contributed by atoms with Crippen LogP contribution in [0.5, 0.6) is 0 Å². The Morgan fingerprint density at radius 3 is 2.62 bits per heavy atom. The van der Waals surface area contributed by atoms with Gasteiger partial charge < -0.3 is 5.73 Å². The molecule has 1 aromatic carbocycles. The van der Waals surface area contributed by atoms with Gasteiger partial charge in [-0.05, 0) is 18.6 Å². The Morgan fingerprint density at radius 1 is 1.38 bits per heavy atom. The summed E-state index contributed by atoms with van der Waals surface area (Å²) in [6.07, 6.45) is 0.191. The number of nitriles is 2. The van der Waals surface area contributed by atoms with Gasteiger partial charge in [-0.2, -0.15) is 10.5 Å². The second-order valence-corrected chi connectivity index (χ2v) is 2.77. The van der Waals surface area contributed by atoms with Crippen LogP contribution in [0.25, 0.3) is 0 Å². The highest BCUT2D eigenvalue weighted by Crippen LogP contribution is 2.20. The van der Waals surface area contributed by atoms with Gasteiger partial charge in [-0.1, -0.05) is 6.07 Å². The van der Waals surface area contributed by atoms with Gasteiger partial charge in [0.15, 0.2) is 0 Å². The second kappa shape index (κ2) is 3.60. The van der Waals surface area contributed by atoms with Crippen molar-refractivity contribution in [1.82, 2.24) is 0 Å². The van der Waals surface area contributed by atoms with E-state index in [0.717, 1.165) is 5.56 Å². The van der Waals surface area contributed by atoms with Gasteiger partial charge in [0, 0.05) is 11.3 Å². The second-order valence-electron chi connectivity index (χ2n) is 2.77. The Labute approximate surface area is 77.0 Å². The van der Waals surface area contributed by atoms with Gasteiger partial charge in [0.05, 0.1) is 24.1 Å². The molecule has 0 aliphatic carbocycles. The largest absolute Gasteiger partial charge is 0.398 e. The standard InChI is InChI=1S/C10H9N3/c1-7-2-3-8(6-12)9(4-5-11)10(7)13/h2-3H,4,13H2,1H3. The molecule has 0 saturated heterocycles. The lowest BCUT2D eigenvalue weighted by molar-refractivity contribution is 1.23. The Morgan fingerprint density at radius 2 is 2.08 bits per heavy atom. The SMILES string of the molecule is Cc1ccc(C#N)c(CC#N)c1N. The van der Waals surface area contributed by atoms with Gasteiger partial charge in [-0.25, -0.2) is 0 Å². The molecule has 13 heavy (non-hydrogen) atoms. The van der Waals surface area contributed by atoms with Gasteiger partial charge in [0.2, 0.25) is 0 Å². The van der Waals surface area contributed by atoms with E-state index in [4.69, 9.17) is 16.3 Å². The minimum atomic E-state index is 0.191. The minimum absolute atomic E-state index is 0.191. The lowest BCUT2D eigenvalue weighted by atomic mass is 10.0. The number of hydrogen-bond donors (Lipinski definition) is 1. The Hall–Kier alpha value is -2.00. The van der Waals surface area contributed by atoms with E-state index in [-0.39, 0.29) is 6.42 Å².